The van der Waals surface area contributed by atoms with E-state index in [2.05, 4.69) is 4.98 Å². The minimum atomic E-state index is -3.73. The molecule has 7 nitrogen and oxygen atoms in total. The molecule has 0 saturated carbocycles. The van der Waals surface area contributed by atoms with E-state index in [-0.39, 0.29) is 24.0 Å². The minimum Gasteiger partial charge on any atom is -0.481 e. The van der Waals surface area contributed by atoms with E-state index in [0.29, 0.717) is 13.0 Å². The average Bonchev–Trinajstić information content (AvgIpc) is 3.06. The van der Waals surface area contributed by atoms with Crippen LogP contribution in [0, 0.1) is 11.3 Å². The highest BCUT2D eigenvalue weighted by atomic mass is 32.2. The number of nitrogens with zero attached hydrogens (tertiary/aromatic N) is 3. The Morgan fingerprint density at radius 3 is 2.62 bits per heavy atom. The van der Waals surface area contributed by atoms with E-state index in [1.165, 1.54) is 16.8 Å². The van der Waals surface area contributed by atoms with Gasteiger partial charge in [0.1, 0.15) is 0 Å². The Labute approximate surface area is 124 Å². The van der Waals surface area contributed by atoms with Gasteiger partial charge < -0.3 is 9.67 Å². The molecule has 1 atom stereocenters. The standard InChI is InChI=1S/C13H21N3O4S/c1-4-15-7-11(14-9-15)21(19,20)16-6-5-13(8-16,10(2)3)12(17)18/h7,9-10H,4-6,8H2,1-3H3,(H,17,18). The zero-order valence-corrected chi connectivity index (χ0v) is 13.3. The Balaban J connectivity index is 2.29. The molecule has 2 heterocycles. The normalized spacial score (nSPS) is 23.8. The smallest absolute Gasteiger partial charge is 0.311 e. The Morgan fingerprint density at radius 2 is 2.19 bits per heavy atom. The van der Waals surface area contributed by atoms with Gasteiger partial charge >= 0.3 is 5.97 Å². The summed E-state index contributed by atoms with van der Waals surface area (Å²) in [6, 6.07) is 0. The van der Waals surface area contributed by atoms with Crippen molar-refractivity contribution in [3.05, 3.63) is 12.5 Å². The first-order valence-corrected chi connectivity index (χ1v) is 8.43. The Kier molecular flexibility index (Phi) is 4.12. The molecule has 1 aliphatic heterocycles. The molecule has 0 spiro atoms. The van der Waals surface area contributed by atoms with E-state index >= 15 is 0 Å². The SMILES string of the molecule is CCn1cnc(S(=O)(=O)N2CCC(C(=O)O)(C(C)C)C2)c1. The van der Waals surface area contributed by atoms with Gasteiger partial charge in [0.25, 0.3) is 10.0 Å². The van der Waals surface area contributed by atoms with Crippen molar-refractivity contribution in [3.63, 3.8) is 0 Å². The van der Waals surface area contributed by atoms with Crippen LogP contribution in [0.5, 0.6) is 0 Å². The first-order chi connectivity index (χ1) is 9.74. The molecule has 1 saturated heterocycles. The Bertz CT molecular complexity index is 638. The number of carboxylic acids is 1. The van der Waals surface area contributed by atoms with Crippen molar-refractivity contribution in [1.82, 2.24) is 13.9 Å². The van der Waals surface area contributed by atoms with Gasteiger partial charge in [0.05, 0.1) is 11.7 Å². The van der Waals surface area contributed by atoms with Crippen LogP contribution in [0.3, 0.4) is 0 Å². The van der Waals surface area contributed by atoms with Crippen LogP contribution < -0.4 is 0 Å². The lowest BCUT2D eigenvalue weighted by Gasteiger charge is -2.28. The molecular formula is C13H21N3O4S. The zero-order chi connectivity index (χ0) is 15.8. The third kappa shape index (κ3) is 2.57. The summed E-state index contributed by atoms with van der Waals surface area (Å²) in [5.74, 6) is -1.07. The molecule has 1 aromatic heterocycles. The Hall–Kier alpha value is -1.41. The van der Waals surface area contributed by atoms with Crippen molar-refractivity contribution in [2.75, 3.05) is 13.1 Å². The van der Waals surface area contributed by atoms with Gasteiger partial charge in [-0.05, 0) is 19.3 Å². The van der Waals surface area contributed by atoms with Gasteiger partial charge in [0.2, 0.25) is 0 Å². The number of hydrogen-bond donors (Lipinski definition) is 1. The predicted octanol–water partition coefficient (Wildman–Crippen LogP) is 1.02. The fraction of sp³-hybridized carbons (Fsp3) is 0.692. The van der Waals surface area contributed by atoms with Gasteiger partial charge in [0, 0.05) is 25.8 Å². The number of imidazole rings is 1. The van der Waals surface area contributed by atoms with Crippen LogP contribution in [0.15, 0.2) is 17.6 Å². The molecule has 8 heteroatoms. The van der Waals surface area contributed by atoms with E-state index in [1.807, 2.05) is 20.8 Å². The quantitative estimate of drug-likeness (QED) is 0.876. The summed E-state index contributed by atoms with van der Waals surface area (Å²) in [5.41, 5.74) is -1.01. The Morgan fingerprint density at radius 1 is 1.52 bits per heavy atom. The summed E-state index contributed by atoms with van der Waals surface area (Å²) in [6.45, 7) is 6.37. The number of sulfonamides is 1. The van der Waals surface area contributed by atoms with E-state index in [0.717, 1.165) is 0 Å². The maximum absolute atomic E-state index is 12.6. The van der Waals surface area contributed by atoms with E-state index in [4.69, 9.17) is 0 Å². The second kappa shape index (κ2) is 5.42. The molecular weight excluding hydrogens is 294 g/mol. The van der Waals surface area contributed by atoms with Crippen LogP contribution in [0.1, 0.15) is 27.2 Å². The molecule has 21 heavy (non-hydrogen) atoms. The van der Waals surface area contributed by atoms with Gasteiger partial charge in [-0.1, -0.05) is 13.8 Å². The van der Waals surface area contributed by atoms with Crippen molar-refractivity contribution in [2.45, 2.75) is 38.8 Å². The fourth-order valence-corrected chi connectivity index (χ4v) is 4.12. The van der Waals surface area contributed by atoms with Crippen LogP contribution in [-0.4, -0.2) is 46.4 Å². The van der Waals surface area contributed by atoms with Gasteiger partial charge in [-0.25, -0.2) is 13.4 Å². The zero-order valence-electron chi connectivity index (χ0n) is 12.5. The van der Waals surface area contributed by atoms with Crippen molar-refractivity contribution in [2.24, 2.45) is 11.3 Å². The lowest BCUT2D eigenvalue weighted by Crippen LogP contribution is -2.40. The van der Waals surface area contributed by atoms with Crippen molar-refractivity contribution >= 4 is 16.0 Å². The number of aryl methyl sites for hydroxylation is 1. The number of carboxylic acid groups (broad SMARTS) is 1. The molecule has 1 unspecified atom stereocenters. The van der Waals surface area contributed by atoms with E-state index in [9.17, 15) is 18.3 Å². The second-order valence-electron chi connectivity index (χ2n) is 5.75. The van der Waals surface area contributed by atoms with Crippen molar-refractivity contribution < 1.29 is 18.3 Å². The summed E-state index contributed by atoms with van der Waals surface area (Å²) in [5, 5.41) is 9.47. The van der Waals surface area contributed by atoms with Crippen LogP contribution >= 0.6 is 0 Å². The fourth-order valence-electron chi connectivity index (χ4n) is 2.67. The summed E-state index contributed by atoms with van der Waals surface area (Å²) in [4.78, 5) is 15.5. The highest BCUT2D eigenvalue weighted by molar-refractivity contribution is 7.89. The van der Waals surface area contributed by atoms with Gasteiger partial charge in [-0.2, -0.15) is 4.31 Å². The van der Waals surface area contributed by atoms with Crippen molar-refractivity contribution in [1.29, 1.82) is 0 Å². The van der Waals surface area contributed by atoms with Crippen molar-refractivity contribution in [3.8, 4) is 0 Å². The monoisotopic (exact) mass is 315 g/mol. The van der Waals surface area contributed by atoms with Crippen LogP contribution in [0.25, 0.3) is 0 Å². The third-order valence-corrected chi connectivity index (χ3v) is 6.11. The number of aromatic nitrogens is 2. The molecule has 0 aromatic carbocycles. The van der Waals surface area contributed by atoms with Crippen LogP contribution in [0.2, 0.25) is 0 Å². The topological polar surface area (TPSA) is 92.5 Å². The van der Waals surface area contributed by atoms with Gasteiger partial charge in [-0.3, -0.25) is 4.79 Å². The number of hydrogen-bond acceptors (Lipinski definition) is 4. The number of rotatable bonds is 5. The minimum absolute atomic E-state index is 0.00131. The first kappa shape index (κ1) is 16.0. The molecule has 1 fully saturated rings. The molecule has 1 N–H and O–H groups in total. The third-order valence-electron chi connectivity index (χ3n) is 4.38. The number of aliphatic carboxylic acids is 1. The second-order valence-corrected chi connectivity index (χ2v) is 7.63. The maximum Gasteiger partial charge on any atom is 0.311 e. The van der Waals surface area contributed by atoms with Crippen LogP contribution in [0.4, 0.5) is 0 Å². The molecule has 0 aliphatic carbocycles. The van der Waals surface area contributed by atoms with Gasteiger partial charge in [0.15, 0.2) is 5.03 Å². The molecule has 2 rings (SSSR count). The lowest BCUT2D eigenvalue weighted by molar-refractivity contribution is -0.150. The van der Waals surface area contributed by atoms with E-state index < -0.39 is 21.4 Å². The maximum atomic E-state index is 12.6. The average molecular weight is 315 g/mol. The van der Waals surface area contributed by atoms with Crippen LogP contribution in [-0.2, 0) is 21.4 Å². The molecule has 0 amide bonds. The molecule has 1 aliphatic rings. The largest absolute Gasteiger partial charge is 0.481 e. The number of carbonyl (C=O) groups is 1. The highest BCUT2D eigenvalue weighted by Crippen LogP contribution is 2.40. The lowest BCUT2D eigenvalue weighted by atomic mass is 9.77. The summed E-state index contributed by atoms with van der Waals surface area (Å²) >= 11 is 0. The van der Waals surface area contributed by atoms with E-state index in [1.54, 1.807) is 4.57 Å². The molecule has 118 valence electrons. The highest BCUT2D eigenvalue weighted by Gasteiger charge is 2.50. The molecule has 0 bridgehead atoms. The van der Waals surface area contributed by atoms with Gasteiger partial charge in [-0.15, -0.1) is 0 Å². The predicted molar refractivity (Wildman–Crippen MR) is 76.2 cm³/mol. The molecule has 0 radical (unpaired) electrons. The first-order valence-electron chi connectivity index (χ1n) is 6.99. The summed E-state index contributed by atoms with van der Waals surface area (Å²) < 4.78 is 28.0. The summed E-state index contributed by atoms with van der Waals surface area (Å²) in [6.07, 6.45) is 3.27. The molecule has 1 aromatic rings. The summed E-state index contributed by atoms with van der Waals surface area (Å²) in [7, 11) is -3.73.